The van der Waals surface area contributed by atoms with Gasteiger partial charge in [0, 0.05) is 6.54 Å². The second-order valence-electron chi connectivity index (χ2n) is 7.85. The van der Waals surface area contributed by atoms with Crippen LogP contribution in [-0.4, -0.2) is 40.7 Å². The number of hydrogen-bond donors (Lipinski definition) is 0. The third-order valence-electron chi connectivity index (χ3n) is 5.13. The second kappa shape index (κ2) is 12.1. The Morgan fingerprint density at radius 3 is 2.27 bits per heavy atom. The molecule has 4 nitrogen and oxygen atoms in total. The number of hydrogen-bond acceptors (Lipinski definition) is 3. The third kappa shape index (κ3) is 6.81. The highest BCUT2D eigenvalue weighted by Crippen LogP contribution is 2.34. The van der Waals surface area contributed by atoms with Gasteiger partial charge in [-0.05, 0) is 30.1 Å². The van der Waals surface area contributed by atoms with Crippen molar-refractivity contribution >= 4 is 18.3 Å². The Morgan fingerprint density at radius 1 is 1.17 bits per heavy atom. The van der Waals surface area contributed by atoms with Gasteiger partial charge in [-0.1, -0.05) is 87.9 Å². The molecule has 0 fully saturated rings. The van der Waals surface area contributed by atoms with Crippen molar-refractivity contribution in [3.05, 3.63) is 66.4 Å². The number of terminal acetylenes is 1. The average Bonchev–Trinajstić information content (AvgIpc) is 2.69. The first-order valence-electron chi connectivity index (χ1n) is 10.2. The number of rotatable bonds is 12. The normalized spacial score (nSPS) is 13.0. The van der Waals surface area contributed by atoms with E-state index in [-0.39, 0.29) is 18.0 Å². The van der Waals surface area contributed by atoms with Crippen molar-refractivity contribution in [1.82, 2.24) is 4.31 Å². The predicted octanol–water partition coefficient (Wildman–Crippen LogP) is 5.24. The molecule has 0 aliphatic heterocycles. The Bertz CT molecular complexity index is 870. The number of nitrogens with zero attached hydrogens (tertiary/aromatic N) is 1. The number of allylic oxidation sites excluding steroid dienone is 2. The fourth-order valence-corrected chi connectivity index (χ4v) is 8.31. The Kier molecular flexibility index (Phi) is 10.5. The molecule has 30 heavy (non-hydrogen) atoms. The van der Waals surface area contributed by atoms with Crippen molar-refractivity contribution in [3.8, 4) is 12.3 Å². The van der Waals surface area contributed by atoms with Crippen molar-refractivity contribution in [2.45, 2.75) is 50.6 Å². The van der Waals surface area contributed by atoms with E-state index in [2.05, 4.69) is 45.9 Å². The summed E-state index contributed by atoms with van der Waals surface area (Å²) in [6.07, 6.45) is 12.8. The van der Waals surface area contributed by atoms with Crippen LogP contribution in [0.3, 0.4) is 0 Å². The van der Waals surface area contributed by atoms with Crippen molar-refractivity contribution in [2.75, 3.05) is 19.7 Å². The molecule has 0 amide bonds. The van der Waals surface area contributed by atoms with E-state index in [1.807, 2.05) is 19.1 Å². The molecule has 164 valence electrons. The summed E-state index contributed by atoms with van der Waals surface area (Å²) in [6, 6.07) is 6.78. The topological polar surface area (TPSA) is 46.6 Å². The zero-order valence-corrected chi connectivity index (χ0v) is 20.7. The van der Waals surface area contributed by atoms with E-state index in [4.69, 9.17) is 10.8 Å². The quantitative estimate of drug-likeness (QED) is 0.191. The van der Waals surface area contributed by atoms with Gasteiger partial charge in [0.25, 0.3) is 0 Å². The predicted molar refractivity (Wildman–Crippen MR) is 129 cm³/mol. The van der Waals surface area contributed by atoms with Crippen LogP contribution in [0.15, 0.2) is 65.7 Å². The largest absolute Gasteiger partial charge is 0.409 e. The second-order valence-corrected chi connectivity index (χ2v) is 14.4. The summed E-state index contributed by atoms with van der Waals surface area (Å²) in [7, 11) is -5.77. The highest BCUT2D eigenvalue weighted by atomic mass is 32.2. The van der Waals surface area contributed by atoms with E-state index in [1.54, 1.807) is 36.4 Å². The van der Waals surface area contributed by atoms with E-state index < -0.39 is 18.3 Å². The molecule has 0 aliphatic rings. The Labute approximate surface area is 184 Å². The average molecular weight is 446 g/mol. The van der Waals surface area contributed by atoms with E-state index >= 15 is 0 Å². The molecule has 0 spiro atoms. The number of sulfonamides is 1. The highest BCUT2D eigenvalue weighted by molar-refractivity contribution is 7.89. The van der Waals surface area contributed by atoms with Gasteiger partial charge in [0.1, 0.15) is 0 Å². The monoisotopic (exact) mass is 445 g/mol. The first-order valence-corrected chi connectivity index (χ1v) is 13.8. The zero-order chi connectivity index (χ0) is 22.8. The van der Waals surface area contributed by atoms with Crippen LogP contribution in [0, 0.1) is 19.3 Å². The lowest BCUT2D eigenvalue weighted by Crippen LogP contribution is -2.43. The molecule has 0 saturated heterocycles. The lowest BCUT2D eigenvalue weighted by atomic mass is 10.2. The summed E-state index contributed by atoms with van der Waals surface area (Å²) in [6.45, 7) is 15.1. The smallest absolute Gasteiger partial charge is 0.244 e. The molecule has 0 heterocycles. The van der Waals surface area contributed by atoms with Gasteiger partial charge in [0.05, 0.1) is 18.0 Å². The Morgan fingerprint density at radius 2 is 1.77 bits per heavy atom. The summed E-state index contributed by atoms with van der Waals surface area (Å²) in [5.41, 5.74) is 4.00. The molecular formula is C24H35NO3SSi. The van der Waals surface area contributed by atoms with Gasteiger partial charge in [0.15, 0.2) is 0 Å². The summed E-state index contributed by atoms with van der Waals surface area (Å²) >= 11 is 0. The zero-order valence-electron chi connectivity index (χ0n) is 18.8. The highest BCUT2D eigenvalue weighted by Gasteiger charge is 2.39. The molecule has 0 bridgehead atoms. The molecule has 1 aromatic carbocycles. The van der Waals surface area contributed by atoms with Crippen LogP contribution in [0.5, 0.6) is 0 Å². The summed E-state index contributed by atoms with van der Waals surface area (Å²) in [4.78, 5) is 0.244. The van der Waals surface area contributed by atoms with Gasteiger partial charge in [-0.15, -0.1) is 6.42 Å². The van der Waals surface area contributed by atoms with Crippen molar-refractivity contribution < 1.29 is 12.8 Å². The van der Waals surface area contributed by atoms with Crippen LogP contribution >= 0.6 is 0 Å². The molecule has 0 unspecified atom stereocenters. The van der Waals surface area contributed by atoms with E-state index in [1.165, 1.54) is 4.31 Å². The van der Waals surface area contributed by atoms with Crippen molar-refractivity contribution in [1.29, 1.82) is 0 Å². The SMILES string of the molecule is C#CCN(C/C=C\CO[Si](/C=C/C=C)(C(C)C)C(C)C)S(=O)(=O)c1ccc(C)cc1. The van der Waals surface area contributed by atoms with E-state index in [0.29, 0.717) is 17.7 Å². The van der Waals surface area contributed by atoms with Gasteiger partial charge in [-0.3, -0.25) is 0 Å². The molecule has 6 heteroatoms. The fraction of sp³-hybridized carbons (Fsp3) is 0.417. The molecule has 0 aromatic heterocycles. The van der Waals surface area contributed by atoms with Crippen LogP contribution in [0.25, 0.3) is 0 Å². The molecule has 0 saturated carbocycles. The third-order valence-corrected chi connectivity index (χ3v) is 11.9. The van der Waals surface area contributed by atoms with Crippen molar-refractivity contribution in [3.63, 3.8) is 0 Å². The van der Waals surface area contributed by atoms with Crippen LogP contribution < -0.4 is 0 Å². The maximum Gasteiger partial charge on any atom is 0.244 e. The molecule has 0 atom stereocenters. The Hall–Kier alpha value is -1.91. The number of aryl methyl sites for hydroxylation is 1. The maximum atomic E-state index is 12.9. The summed E-state index contributed by atoms with van der Waals surface area (Å²) in [5.74, 6) is 2.44. The molecule has 1 rings (SSSR count). The summed E-state index contributed by atoms with van der Waals surface area (Å²) in [5, 5.41) is 0. The maximum absolute atomic E-state index is 12.9. The lowest BCUT2D eigenvalue weighted by Gasteiger charge is -2.35. The van der Waals surface area contributed by atoms with Crippen molar-refractivity contribution in [2.24, 2.45) is 0 Å². The van der Waals surface area contributed by atoms with E-state index in [9.17, 15) is 8.42 Å². The molecular weight excluding hydrogens is 410 g/mol. The van der Waals surface area contributed by atoms with Gasteiger partial charge in [0.2, 0.25) is 18.3 Å². The van der Waals surface area contributed by atoms with Crippen LogP contribution in [0.1, 0.15) is 33.3 Å². The minimum absolute atomic E-state index is 0.0140. The minimum atomic E-state index is -3.65. The van der Waals surface area contributed by atoms with Crippen LogP contribution in [0.4, 0.5) is 0 Å². The lowest BCUT2D eigenvalue weighted by molar-refractivity contribution is 0.335. The van der Waals surface area contributed by atoms with Gasteiger partial charge < -0.3 is 4.43 Å². The first kappa shape index (κ1) is 26.1. The standard InChI is InChI=1S/C24H35NO3SSi/c1-8-10-20-30(21(3)4,22(5)6)28-19-12-11-18-25(17-9-2)29(26,27)24-15-13-23(7)14-16-24/h2,8,10-16,20-22H,1,17-19H2,3-7H3/b12-11-,20-10+. The van der Waals surface area contributed by atoms with Crippen LogP contribution in [0.2, 0.25) is 11.1 Å². The summed E-state index contributed by atoms with van der Waals surface area (Å²) < 4.78 is 33.5. The molecule has 0 N–H and O–H groups in total. The van der Waals surface area contributed by atoms with Gasteiger partial charge in [-0.2, -0.15) is 4.31 Å². The van der Waals surface area contributed by atoms with Gasteiger partial charge >= 0.3 is 0 Å². The first-order chi connectivity index (χ1) is 14.1. The van der Waals surface area contributed by atoms with E-state index in [0.717, 1.165) is 5.56 Å². The number of benzene rings is 1. The Balaban J connectivity index is 2.90. The van der Waals surface area contributed by atoms with Crippen LogP contribution in [-0.2, 0) is 14.4 Å². The minimum Gasteiger partial charge on any atom is -0.409 e. The molecule has 1 aromatic rings. The molecule has 0 aliphatic carbocycles. The molecule has 0 radical (unpaired) electrons. The fourth-order valence-electron chi connectivity index (χ4n) is 3.31. The van der Waals surface area contributed by atoms with Gasteiger partial charge in [-0.25, -0.2) is 8.42 Å².